The lowest BCUT2D eigenvalue weighted by Gasteiger charge is -1.74. The normalized spacial score (nSPS) is 7.50. The summed E-state index contributed by atoms with van der Waals surface area (Å²) in [6.07, 6.45) is 0. The van der Waals surface area contributed by atoms with Crippen molar-refractivity contribution in [3.8, 4) is 0 Å². The van der Waals surface area contributed by atoms with Gasteiger partial charge in [-0.15, -0.1) is 0 Å². The first-order chi connectivity index (χ1) is 1.91. The maximum absolute atomic E-state index is 4.79. The predicted octanol–water partition coefficient (Wildman–Crippen LogP) is -0.883. The lowest BCUT2D eigenvalue weighted by Crippen LogP contribution is -2.23. The molecule has 0 atom stereocenters. The summed E-state index contributed by atoms with van der Waals surface area (Å²) in [5.74, 6) is 4.79. The van der Waals surface area contributed by atoms with E-state index in [2.05, 4.69) is 5.09 Å². The highest BCUT2D eigenvalue weighted by Crippen LogP contribution is 1.25. The topological polar surface area (TPSA) is 38.0 Å². The Bertz CT molecular complexity index is 8.00. The highest BCUT2D eigenvalue weighted by atomic mass is 28.2. The molecule has 2 nitrogen and oxygen atoms in total. The van der Waals surface area contributed by atoms with E-state index in [0.717, 1.165) is 0 Å². The molecule has 0 rings (SSSR count). The third-order valence-electron chi connectivity index (χ3n) is 0.144. The zero-order valence-corrected chi connectivity index (χ0v) is 3.58. The van der Waals surface area contributed by atoms with Gasteiger partial charge in [-0.25, -0.2) is 0 Å². The van der Waals surface area contributed by atoms with Crippen molar-refractivity contribution < 1.29 is 0 Å². The van der Waals surface area contributed by atoms with Crippen LogP contribution >= 0.6 is 0 Å². The van der Waals surface area contributed by atoms with Gasteiger partial charge in [0.25, 0.3) is 0 Å². The van der Waals surface area contributed by atoms with E-state index >= 15 is 0 Å². The lowest BCUT2D eigenvalue weighted by atomic mass is 11.9. The zero-order valence-electron chi connectivity index (χ0n) is 2.58. The number of nitrogens with two attached hydrogens (primary N) is 1. The Hall–Kier alpha value is 0.137. The largest absolute Gasteiger partial charge is 0.284 e. The van der Waals surface area contributed by atoms with Crippen LogP contribution in [-0.2, 0) is 0 Å². The van der Waals surface area contributed by atoms with Crippen LogP contribution in [0.1, 0.15) is 0 Å². The first kappa shape index (κ1) is 4.14. The van der Waals surface area contributed by atoms with E-state index in [1.165, 1.54) is 0 Å². The number of nitrogens with one attached hydrogen (secondary N) is 1. The van der Waals surface area contributed by atoms with Crippen LogP contribution in [0.3, 0.4) is 0 Å². The van der Waals surface area contributed by atoms with Gasteiger partial charge in [0.05, 0.1) is 0 Å². The Kier molecular flexibility index (Phi) is 3.24. The van der Waals surface area contributed by atoms with Gasteiger partial charge in [-0.3, -0.25) is 10.9 Å². The zero-order chi connectivity index (χ0) is 3.41. The van der Waals surface area contributed by atoms with Crippen molar-refractivity contribution in [1.29, 1.82) is 0 Å². The quantitative estimate of drug-likeness (QED) is 0.241. The van der Waals surface area contributed by atoms with E-state index in [4.69, 9.17) is 5.84 Å². The second kappa shape index (κ2) is 3.14. The lowest BCUT2D eigenvalue weighted by molar-refractivity contribution is 1.08. The first-order valence-electron chi connectivity index (χ1n) is 1.04. The van der Waals surface area contributed by atoms with E-state index in [9.17, 15) is 0 Å². The second-order valence-corrected chi connectivity index (χ2v) is 1.18. The molecule has 0 spiro atoms. The summed E-state index contributed by atoms with van der Waals surface area (Å²) in [7, 11) is 0.668. The maximum Gasteiger partial charge on any atom is 0.154 e. The second-order valence-electron chi connectivity index (χ2n) is 0.394. The Morgan fingerprint density at radius 1 is 2.00 bits per heavy atom. The summed E-state index contributed by atoms with van der Waals surface area (Å²) in [6.45, 7) is 1.97. The van der Waals surface area contributed by atoms with Gasteiger partial charge in [0.2, 0.25) is 0 Å². The van der Waals surface area contributed by atoms with Crippen molar-refractivity contribution in [3.05, 3.63) is 0 Å². The van der Waals surface area contributed by atoms with E-state index in [1.807, 2.05) is 6.55 Å². The van der Waals surface area contributed by atoms with Gasteiger partial charge in [-0.1, -0.05) is 6.55 Å². The molecule has 0 aromatic heterocycles. The summed E-state index contributed by atoms with van der Waals surface area (Å²) in [6, 6.07) is 0. The molecule has 0 amide bonds. The Balaban J connectivity index is 1.97. The Morgan fingerprint density at radius 2 is 2.25 bits per heavy atom. The predicted molar refractivity (Wildman–Crippen MR) is 18.9 cm³/mol. The summed E-state index contributed by atoms with van der Waals surface area (Å²) in [4.78, 5) is 0. The van der Waals surface area contributed by atoms with E-state index in [-0.39, 0.29) is 0 Å². The molecule has 3 N–H and O–H groups in total. The summed E-state index contributed by atoms with van der Waals surface area (Å²) >= 11 is 0. The fourth-order valence-electron chi connectivity index (χ4n) is 0. The molecule has 0 aromatic carbocycles. The van der Waals surface area contributed by atoms with Crippen LogP contribution in [-0.4, -0.2) is 9.68 Å². The van der Waals surface area contributed by atoms with Crippen molar-refractivity contribution in [3.63, 3.8) is 0 Å². The van der Waals surface area contributed by atoms with Gasteiger partial charge >= 0.3 is 0 Å². The van der Waals surface area contributed by atoms with Crippen LogP contribution in [0.25, 0.3) is 0 Å². The first-order valence-corrected chi connectivity index (χ1v) is 2.54. The highest BCUT2D eigenvalue weighted by Gasteiger charge is 1.55. The minimum atomic E-state index is 0.668. The van der Waals surface area contributed by atoms with Gasteiger partial charge in [-0.2, -0.15) is 0 Å². The fourth-order valence-corrected chi connectivity index (χ4v) is 0. The number of hydrogen-bond donors (Lipinski definition) is 2. The Labute approximate surface area is 28.3 Å². The number of hydrazine groups is 1. The molecule has 0 bridgehead atoms. The average molecular weight is 74.2 g/mol. The SMILES string of the molecule is C[Si]NN. The average Bonchev–Trinajstić information content (AvgIpc) is 1.37. The van der Waals surface area contributed by atoms with Crippen molar-refractivity contribution in [2.24, 2.45) is 5.84 Å². The fraction of sp³-hybridized carbons (Fsp3) is 1.00. The van der Waals surface area contributed by atoms with E-state index in [0.29, 0.717) is 9.68 Å². The molecule has 3 heteroatoms. The molecule has 0 saturated carbocycles. The minimum absolute atomic E-state index is 0.668. The minimum Gasteiger partial charge on any atom is -0.284 e. The molecule has 0 heterocycles. The third kappa shape index (κ3) is 2.14. The van der Waals surface area contributed by atoms with E-state index < -0.39 is 0 Å². The van der Waals surface area contributed by atoms with Crippen molar-refractivity contribution in [2.45, 2.75) is 6.55 Å². The number of hydrogen-bond acceptors (Lipinski definition) is 2. The van der Waals surface area contributed by atoms with Gasteiger partial charge in [-0.05, 0) is 0 Å². The van der Waals surface area contributed by atoms with E-state index in [1.54, 1.807) is 0 Å². The van der Waals surface area contributed by atoms with Crippen molar-refractivity contribution in [2.75, 3.05) is 0 Å². The van der Waals surface area contributed by atoms with Crippen LogP contribution in [0, 0.1) is 0 Å². The van der Waals surface area contributed by atoms with Crippen LogP contribution in [0.15, 0.2) is 0 Å². The molecule has 2 radical (unpaired) electrons. The van der Waals surface area contributed by atoms with Crippen LogP contribution < -0.4 is 10.9 Å². The molecule has 0 saturated heterocycles. The molecule has 0 aliphatic carbocycles. The molecule has 0 fully saturated rings. The third-order valence-corrected chi connectivity index (χ3v) is 0.433. The highest BCUT2D eigenvalue weighted by molar-refractivity contribution is 6.29. The van der Waals surface area contributed by atoms with Crippen LogP contribution in [0.4, 0.5) is 0 Å². The van der Waals surface area contributed by atoms with Gasteiger partial charge in [0, 0.05) is 0 Å². The smallest absolute Gasteiger partial charge is 0.154 e. The van der Waals surface area contributed by atoms with Gasteiger partial charge in [0.1, 0.15) is 0 Å². The summed E-state index contributed by atoms with van der Waals surface area (Å²) < 4.78 is 0. The molecular formula is CH6N2Si. The molecule has 0 unspecified atom stereocenters. The van der Waals surface area contributed by atoms with Gasteiger partial charge in [0.15, 0.2) is 9.68 Å². The van der Waals surface area contributed by atoms with Crippen molar-refractivity contribution in [1.82, 2.24) is 5.09 Å². The molecule has 4 heavy (non-hydrogen) atoms. The summed E-state index contributed by atoms with van der Waals surface area (Å²) in [5, 5.41) is 2.46. The molecule has 0 aliphatic rings. The molecular weight excluding hydrogens is 68.1 g/mol. The van der Waals surface area contributed by atoms with Crippen LogP contribution in [0.2, 0.25) is 6.55 Å². The molecule has 24 valence electrons. The molecule has 0 aliphatic heterocycles. The van der Waals surface area contributed by atoms with Crippen LogP contribution in [0.5, 0.6) is 0 Å². The Morgan fingerprint density at radius 3 is 2.25 bits per heavy atom. The molecule has 0 aromatic rings. The standard InChI is InChI=1S/CH6N2Si/c1-4-3-2/h3H,2H2,1H3. The monoisotopic (exact) mass is 74.0 g/mol. The number of rotatable bonds is 1. The van der Waals surface area contributed by atoms with Crippen molar-refractivity contribution >= 4 is 9.68 Å². The maximum atomic E-state index is 4.79. The summed E-state index contributed by atoms with van der Waals surface area (Å²) in [5.41, 5.74) is 0. The van der Waals surface area contributed by atoms with Gasteiger partial charge < -0.3 is 0 Å².